The molecule has 2 aliphatic rings. The number of phosphoric ester groups is 1. The van der Waals surface area contributed by atoms with Crippen LogP contribution in [0.15, 0.2) is 0 Å². The van der Waals surface area contributed by atoms with E-state index in [4.69, 9.17) is 29.2 Å². The summed E-state index contributed by atoms with van der Waals surface area (Å²) in [7, 11) is -4.35. The Hall–Kier alpha value is -5.02. The number of carboxylic acid groups (broad SMARTS) is 1. The molecule has 2 saturated heterocycles. The van der Waals surface area contributed by atoms with E-state index in [2.05, 4.69) is 42.0 Å². The third-order valence-corrected chi connectivity index (χ3v) is 11.5. The maximum atomic E-state index is 13.6. The van der Waals surface area contributed by atoms with Crippen molar-refractivity contribution in [2.24, 2.45) is 5.73 Å². The second-order valence-corrected chi connectivity index (χ2v) is 18.1. The van der Waals surface area contributed by atoms with Crippen molar-refractivity contribution in [1.29, 1.82) is 0 Å². The van der Waals surface area contributed by atoms with Crippen LogP contribution in [0.2, 0.25) is 0 Å². The number of carbonyl (C=O) groups excluding carboxylic acids is 8. The third kappa shape index (κ3) is 19.8. The van der Waals surface area contributed by atoms with Crippen LogP contribution in [0.3, 0.4) is 0 Å². The molecule has 0 aliphatic carbocycles. The van der Waals surface area contributed by atoms with Gasteiger partial charge in [-0.3, -0.25) is 38.1 Å². The van der Waals surface area contributed by atoms with Gasteiger partial charge in [0.05, 0.1) is 20.3 Å². The van der Waals surface area contributed by atoms with Gasteiger partial charge in [0.1, 0.15) is 85.0 Å². The minimum absolute atomic E-state index is 0.0637. The van der Waals surface area contributed by atoms with Crippen LogP contribution < -0.4 is 43.0 Å². The molecule has 0 aromatic heterocycles. The van der Waals surface area contributed by atoms with E-state index in [-0.39, 0.29) is 13.0 Å². The summed E-state index contributed by atoms with van der Waals surface area (Å²) in [5.41, 5.74) is 5.57. The highest BCUT2D eigenvalue weighted by Gasteiger charge is 2.54. The van der Waals surface area contributed by atoms with E-state index < -0.39 is 185 Å². The minimum atomic E-state index is -5.48. The van der Waals surface area contributed by atoms with E-state index in [0.717, 1.165) is 34.8 Å². The quantitative estimate of drug-likeness (QED) is 0.0197. The number of rotatable bonds is 28. The number of aliphatic hydroxyl groups is 4. The predicted octanol–water partition coefficient (Wildman–Crippen LogP) is -6.93. The number of aliphatic carboxylic acids is 1. The number of ether oxygens (including phenoxy) is 5. The summed E-state index contributed by atoms with van der Waals surface area (Å²) in [6.45, 7) is 5.26. The van der Waals surface area contributed by atoms with Gasteiger partial charge in [-0.15, -0.1) is 0 Å². The van der Waals surface area contributed by atoms with Gasteiger partial charge >= 0.3 is 19.8 Å². The molecular weight excluding hydrogens is 991 g/mol. The molecule has 2 rings (SSSR count). The largest absolute Gasteiger partial charge is 0.480 e. The molecule has 2 fully saturated rings. The van der Waals surface area contributed by atoms with Crippen LogP contribution in [-0.4, -0.2) is 213 Å². The van der Waals surface area contributed by atoms with Gasteiger partial charge in [0, 0.05) is 20.3 Å². The van der Waals surface area contributed by atoms with E-state index in [9.17, 15) is 83.0 Å². The number of phosphoric acid groups is 1. The third-order valence-electron chi connectivity index (χ3n) is 11.0. The van der Waals surface area contributed by atoms with Crippen LogP contribution >= 0.6 is 7.82 Å². The number of methoxy groups -OCH3 is 1. The average molecular weight is 1060 g/mol. The second kappa shape index (κ2) is 29.6. The fourth-order valence-electron chi connectivity index (χ4n) is 7.24. The number of nitrogens with one attached hydrogen (secondary N) is 7. The Morgan fingerprint density at radius 1 is 0.667 bits per heavy atom. The number of aliphatic hydroxyl groups excluding tert-OH is 4. The number of hydrogen-bond acceptors (Lipinski definition) is 21. The lowest BCUT2D eigenvalue weighted by molar-refractivity contribution is -0.331. The van der Waals surface area contributed by atoms with Gasteiger partial charge in [0.15, 0.2) is 12.6 Å². The minimum Gasteiger partial charge on any atom is -0.480 e. The molecule has 0 radical (unpaired) electrons. The zero-order valence-corrected chi connectivity index (χ0v) is 41.5. The van der Waals surface area contributed by atoms with Crippen LogP contribution in [0, 0.1) is 0 Å². The lowest BCUT2D eigenvalue weighted by atomic mass is 9.94. The Bertz CT molecular complexity index is 1930. The van der Waals surface area contributed by atoms with Crippen molar-refractivity contribution >= 4 is 61.1 Å². The molecule has 2 heterocycles. The molecule has 31 nitrogen and oxygen atoms in total. The SMILES string of the molecule is COC(=O)[C@@H](C)NC(=O)[C@@H](C)NC(=O)[C@H](CCCCN)NC(=O)CC[C@@H](NC(=O)[C@H](C)NC(=O)[C@@H](C)O[C@@H]1[C@@H](NC(C)=O)[C@@H](OP(=O)(O)O)O[C@H](CO)[C@H]1O[C@@H]1O[C@H](CO)[C@@H](O)[C@H](O)[C@H]1NC(C)=O)C(=O)O. The highest BCUT2D eigenvalue weighted by molar-refractivity contribution is 7.46. The lowest BCUT2D eigenvalue weighted by Gasteiger charge is -2.49. The normalized spacial score (nSPS) is 26.7. The van der Waals surface area contributed by atoms with Crippen LogP contribution in [0.5, 0.6) is 0 Å². The van der Waals surface area contributed by atoms with E-state index in [1.54, 1.807) is 0 Å². The fraction of sp³-hybridized carbons (Fsp3) is 0.775. The first-order valence-electron chi connectivity index (χ1n) is 22.6. The first-order chi connectivity index (χ1) is 33.6. The zero-order valence-electron chi connectivity index (χ0n) is 40.6. The molecule has 16 N–H and O–H groups in total. The van der Waals surface area contributed by atoms with Crippen molar-refractivity contribution < 1.29 is 111 Å². The molecule has 0 spiro atoms. The number of unbranched alkanes of at least 4 members (excludes halogenated alkanes) is 1. The van der Waals surface area contributed by atoms with Crippen molar-refractivity contribution in [3.8, 4) is 0 Å². The summed E-state index contributed by atoms with van der Waals surface area (Å²) < 4.78 is 44.6. The highest BCUT2D eigenvalue weighted by Crippen LogP contribution is 2.42. The molecule has 0 saturated carbocycles. The number of carboxylic acids is 1. The zero-order chi connectivity index (χ0) is 54.8. The van der Waals surface area contributed by atoms with E-state index in [1.807, 2.05) is 0 Å². The predicted molar refractivity (Wildman–Crippen MR) is 240 cm³/mol. The summed E-state index contributed by atoms with van der Waals surface area (Å²) >= 11 is 0. The van der Waals surface area contributed by atoms with Crippen LogP contribution in [-0.2, 0) is 75.9 Å². The topological polar surface area (TPSA) is 478 Å². The summed E-state index contributed by atoms with van der Waals surface area (Å²) in [5, 5.41) is 68.0. The van der Waals surface area contributed by atoms with Gasteiger partial charge < -0.3 is 102 Å². The molecule has 0 aromatic carbocycles. The summed E-state index contributed by atoms with van der Waals surface area (Å²) in [5.74, 6) is -8.52. The Morgan fingerprint density at radius 2 is 1.21 bits per heavy atom. The number of amides is 7. The first kappa shape index (κ1) is 63.1. The van der Waals surface area contributed by atoms with Crippen molar-refractivity contribution in [1.82, 2.24) is 37.2 Å². The van der Waals surface area contributed by atoms with Crippen molar-refractivity contribution in [2.75, 3.05) is 26.9 Å². The van der Waals surface area contributed by atoms with Gasteiger partial charge in [-0.05, 0) is 59.9 Å². The van der Waals surface area contributed by atoms with Gasteiger partial charge in [-0.25, -0.2) is 14.2 Å². The van der Waals surface area contributed by atoms with Crippen LogP contribution in [0.4, 0.5) is 0 Å². The molecule has 0 aromatic rings. The Balaban J connectivity index is 2.29. The smallest absolute Gasteiger partial charge is 0.472 e. The second-order valence-electron chi connectivity index (χ2n) is 16.9. The molecule has 7 amide bonds. The molecular formula is C40H69N8O23P. The van der Waals surface area contributed by atoms with Gasteiger partial charge in [0.2, 0.25) is 41.4 Å². The maximum absolute atomic E-state index is 13.6. The summed E-state index contributed by atoms with van der Waals surface area (Å²) in [4.78, 5) is 134. The van der Waals surface area contributed by atoms with Crippen LogP contribution in [0.25, 0.3) is 0 Å². The molecule has 2 aliphatic heterocycles. The fourth-order valence-corrected chi connectivity index (χ4v) is 7.69. The molecule has 0 unspecified atom stereocenters. The van der Waals surface area contributed by atoms with Gasteiger partial charge in [-0.1, -0.05) is 0 Å². The molecule has 72 heavy (non-hydrogen) atoms. The summed E-state index contributed by atoms with van der Waals surface area (Å²) in [6.07, 6.45) is -16.5. The Morgan fingerprint density at radius 3 is 1.74 bits per heavy atom. The van der Waals surface area contributed by atoms with Crippen molar-refractivity contribution in [3.63, 3.8) is 0 Å². The van der Waals surface area contributed by atoms with Crippen LogP contribution in [0.1, 0.15) is 73.6 Å². The maximum Gasteiger partial charge on any atom is 0.472 e. The monoisotopic (exact) mass is 1060 g/mol. The number of nitrogens with two attached hydrogens (primary N) is 1. The number of esters is 1. The van der Waals surface area contributed by atoms with Crippen molar-refractivity contribution in [2.45, 2.75) is 171 Å². The summed E-state index contributed by atoms with van der Waals surface area (Å²) in [6, 6.07) is -10.1. The highest BCUT2D eigenvalue weighted by atomic mass is 31.2. The van der Waals surface area contributed by atoms with E-state index in [1.165, 1.54) is 13.8 Å². The van der Waals surface area contributed by atoms with Gasteiger partial charge in [0.25, 0.3) is 0 Å². The van der Waals surface area contributed by atoms with E-state index >= 15 is 0 Å². The molecule has 16 atom stereocenters. The van der Waals surface area contributed by atoms with E-state index in [0.29, 0.717) is 12.8 Å². The molecule has 32 heteroatoms. The standard InChI is InChI=1S/C40H69N8O23P/c1-16(33(56)44-18(3)38(62)66-7)43-36(59)22(10-8-9-13-41)47-26(53)12-11-23(37(60)61)48-34(57)17(2)42-35(58)19(4)67-32-28(46-21(6)52)40(71-72(63,64)65)69-25(15-50)31(32)70-39-27(45-20(5)51)30(55)29(54)24(14-49)68-39/h16-19,22-25,27-32,39-40,49-50,54-55H,8-15,41H2,1-7H3,(H,42,58)(H,43,59)(H,44,56)(H,45,51)(H,46,52)(H,47,53)(H,48,57)(H,60,61)(H2,63,64,65)/t16-,17+,18-,19-,22+,23-,24-,25-,27-,28-,29-,30-,31-,32-,39+,40-/m1/s1. The number of carbonyl (C=O) groups is 9. The first-order valence-corrected chi connectivity index (χ1v) is 24.1. The number of hydrogen-bond donors (Lipinski definition) is 15. The van der Waals surface area contributed by atoms with Crippen molar-refractivity contribution in [3.05, 3.63) is 0 Å². The molecule has 412 valence electrons. The Kier molecular flexibility index (Phi) is 26.0. The average Bonchev–Trinajstić information content (AvgIpc) is 3.29. The van der Waals surface area contributed by atoms with Gasteiger partial charge in [-0.2, -0.15) is 0 Å². The molecule has 0 bridgehead atoms. The Labute approximate surface area is 412 Å². The lowest BCUT2D eigenvalue weighted by Crippen LogP contribution is -2.70.